The Morgan fingerprint density at radius 2 is 2.16 bits per heavy atom. The van der Waals surface area contributed by atoms with Gasteiger partial charge in [-0.25, -0.2) is 0 Å². The number of nitrogens with one attached hydrogen (secondary N) is 2. The number of aliphatic hydroxyl groups is 1. The number of aryl methyl sites for hydroxylation is 1. The van der Waals surface area contributed by atoms with Gasteiger partial charge in [0.15, 0.2) is 0 Å². The molecular weight excluding hydrogens is 244 g/mol. The van der Waals surface area contributed by atoms with Crippen LogP contribution in [0.1, 0.15) is 41.7 Å². The minimum Gasteiger partial charge on any atom is -0.396 e. The lowest BCUT2D eigenvalue weighted by atomic mass is 9.85. The Hall–Kier alpha value is -1.62. The van der Waals surface area contributed by atoms with E-state index in [1.54, 1.807) is 13.0 Å². The van der Waals surface area contributed by atoms with E-state index in [4.69, 9.17) is 0 Å². The quantitative estimate of drug-likeness (QED) is 0.760. The van der Waals surface area contributed by atoms with E-state index in [0.29, 0.717) is 11.3 Å². The minimum atomic E-state index is -0.271. The highest BCUT2D eigenvalue weighted by Crippen LogP contribution is 2.24. The first-order valence-electron chi connectivity index (χ1n) is 6.73. The average molecular weight is 264 g/mol. The fraction of sp³-hybridized carbons (Fsp3) is 0.571. The van der Waals surface area contributed by atoms with Crippen molar-refractivity contribution in [2.75, 3.05) is 6.61 Å². The fourth-order valence-electron chi connectivity index (χ4n) is 2.68. The molecule has 1 saturated carbocycles. The highest BCUT2D eigenvalue weighted by molar-refractivity contribution is 5.94. The molecule has 1 heterocycles. The van der Waals surface area contributed by atoms with Gasteiger partial charge >= 0.3 is 0 Å². The summed E-state index contributed by atoms with van der Waals surface area (Å²) in [7, 11) is 0. The molecule has 5 nitrogen and oxygen atoms in total. The molecule has 3 N–H and O–H groups in total. The van der Waals surface area contributed by atoms with Gasteiger partial charge in [0, 0.05) is 35.9 Å². The van der Waals surface area contributed by atoms with Gasteiger partial charge in [0.1, 0.15) is 0 Å². The van der Waals surface area contributed by atoms with Crippen molar-refractivity contribution in [1.29, 1.82) is 0 Å². The molecule has 0 bridgehead atoms. The van der Waals surface area contributed by atoms with Crippen LogP contribution in [-0.2, 0) is 0 Å². The molecule has 0 radical (unpaired) electrons. The van der Waals surface area contributed by atoms with Gasteiger partial charge in [-0.3, -0.25) is 9.59 Å². The zero-order valence-electron chi connectivity index (χ0n) is 11.1. The van der Waals surface area contributed by atoms with Gasteiger partial charge < -0.3 is 15.4 Å². The van der Waals surface area contributed by atoms with E-state index in [1.165, 1.54) is 6.07 Å². The van der Waals surface area contributed by atoms with Crippen LogP contribution >= 0.6 is 0 Å². The monoisotopic (exact) mass is 264 g/mol. The number of pyridine rings is 1. The number of carbonyl (C=O) groups is 1. The Morgan fingerprint density at radius 1 is 1.42 bits per heavy atom. The summed E-state index contributed by atoms with van der Waals surface area (Å²) in [6.07, 6.45) is 3.99. The fourth-order valence-corrected chi connectivity index (χ4v) is 2.68. The molecule has 2 unspecified atom stereocenters. The van der Waals surface area contributed by atoms with E-state index in [2.05, 4.69) is 10.3 Å². The largest absolute Gasteiger partial charge is 0.396 e. The summed E-state index contributed by atoms with van der Waals surface area (Å²) in [6, 6.07) is 2.97. The van der Waals surface area contributed by atoms with Gasteiger partial charge in [0.25, 0.3) is 5.91 Å². The van der Waals surface area contributed by atoms with E-state index >= 15 is 0 Å². The molecule has 1 aromatic heterocycles. The third-order valence-corrected chi connectivity index (χ3v) is 3.70. The first kappa shape index (κ1) is 13.8. The molecule has 1 aliphatic carbocycles. The average Bonchev–Trinajstić information content (AvgIpc) is 2.38. The molecule has 2 atom stereocenters. The first-order valence-corrected chi connectivity index (χ1v) is 6.73. The lowest BCUT2D eigenvalue weighted by Gasteiger charge is -2.30. The van der Waals surface area contributed by atoms with Crippen LogP contribution in [-0.4, -0.2) is 28.6 Å². The summed E-state index contributed by atoms with van der Waals surface area (Å²) < 4.78 is 0. The lowest BCUT2D eigenvalue weighted by molar-refractivity contribution is 0.0872. The standard InChI is InChI=1S/C14H20N2O3/c1-9-6-11(7-13(18)15-9)14(19)16-12-5-3-2-4-10(12)8-17/h6-7,10,12,17H,2-5,8H2,1H3,(H,15,18)(H,16,19). The van der Waals surface area contributed by atoms with Crippen LogP contribution in [0, 0.1) is 12.8 Å². The number of carbonyl (C=O) groups excluding carboxylic acids is 1. The van der Waals surface area contributed by atoms with Crippen LogP contribution in [0.5, 0.6) is 0 Å². The van der Waals surface area contributed by atoms with Crippen LogP contribution in [0.15, 0.2) is 16.9 Å². The smallest absolute Gasteiger partial charge is 0.251 e. The molecule has 0 aromatic carbocycles. The Bertz CT molecular complexity index is 510. The van der Waals surface area contributed by atoms with Crippen molar-refractivity contribution in [2.24, 2.45) is 5.92 Å². The highest BCUT2D eigenvalue weighted by Gasteiger charge is 2.26. The molecule has 104 valence electrons. The molecule has 0 saturated heterocycles. The maximum atomic E-state index is 12.1. The van der Waals surface area contributed by atoms with Crippen molar-refractivity contribution in [3.63, 3.8) is 0 Å². The second-order valence-corrected chi connectivity index (χ2v) is 5.22. The van der Waals surface area contributed by atoms with Crippen molar-refractivity contribution in [3.05, 3.63) is 33.7 Å². The normalized spacial score (nSPS) is 23.1. The Kier molecular flexibility index (Phi) is 4.37. The molecule has 1 aromatic rings. The number of hydrogen-bond donors (Lipinski definition) is 3. The predicted molar refractivity (Wildman–Crippen MR) is 72.1 cm³/mol. The molecule has 1 aliphatic rings. The molecule has 5 heteroatoms. The van der Waals surface area contributed by atoms with Gasteiger partial charge in [0.2, 0.25) is 5.56 Å². The third kappa shape index (κ3) is 3.44. The van der Waals surface area contributed by atoms with Gasteiger partial charge in [-0.15, -0.1) is 0 Å². The number of rotatable bonds is 3. The number of aliphatic hydroxyl groups excluding tert-OH is 1. The van der Waals surface area contributed by atoms with Gasteiger partial charge in [-0.2, -0.15) is 0 Å². The number of aromatic amines is 1. The molecule has 1 fully saturated rings. The van der Waals surface area contributed by atoms with Crippen LogP contribution < -0.4 is 10.9 Å². The highest BCUT2D eigenvalue weighted by atomic mass is 16.3. The Balaban J connectivity index is 2.09. The van der Waals surface area contributed by atoms with E-state index in [0.717, 1.165) is 25.7 Å². The molecular formula is C14H20N2O3. The zero-order valence-corrected chi connectivity index (χ0v) is 11.1. The molecule has 19 heavy (non-hydrogen) atoms. The van der Waals surface area contributed by atoms with Crippen LogP contribution in [0.2, 0.25) is 0 Å². The summed E-state index contributed by atoms with van der Waals surface area (Å²) in [5.74, 6) is -0.111. The van der Waals surface area contributed by atoms with Gasteiger partial charge in [-0.1, -0.05) is 12.8 Å². The zero-order chi connectivity index (χ0) is 13.8. The van der Waals surface area contributed by atoms with Crippen LogP contribution in [0.4, 0.5) is 0 Å². The second kappa shape index (κ2) is 6.02. The number of hydrogen-bond acceptors (Lipinski definition) is 3. The van der Waals surface area contributed by atoms with E-state index in [-0.39, 0.29) is 30.0 Å². The van der Waals surface area contributed by atoms with E-state index in [1.807, 2.05) is 0 Å². The third-order valence-electron chi connectivity index (χ3n) is 3.70. The maximum Gasteiger partial charge on any atom is 0.251 e. The Morgan fingerprint density at radius 3 is 2.84 bits per heavy atom. The number of aromatic nitrogens is 1. The summed E-state index contributed by atoms with van der Waals surface area (Å²) >= 11 is 0. The van der Waals surface area contributed by atoms with Crippen molar-refractivity contribution >= 4 is 5.91 Å². The summed E-state index contributed by atoms with van der Waals surface area (Å²) in [4.78, 5) is 26.1. The van der Waals surface area contributed by atoms with Gasteiger partial charge in [0.05, 0.1) is 0 Å². The number of amides is 1. The molecule has 0 aliphatic heterocycles. The van der Waals surface area contributed by atoms with E-state index < -0.39 is 0 Å². The van der Waals surface area contributed by atoms with Crippen molar-refractivity contribution in [1.82, 2.24) is 10.3 Å². The summed E-state index contributed by atoms with van der Waals surface area (Å²) in [5.41, 5.74) is 0.774. The molecule has 2 rings (SSSR count). The maximum absolute atomic E-state index is 12.1. The van der Waals surface area contributed by atoms with Crippen molar-refractivity contribution in [3.8, 4) is 0 Å². The van der Waals surface area contributed by atoms with E-state index in [9.17, 15) is 14.7 Å². The Labute approximate surface area is 112 Å². The summed E-state index contributed by atoms with van der Waals surface area (Å²) in [5, 5.41) is 12.3. The SMILES string of the molecule is Cc1cc(C(=O)NC2CCCCC2CO)cc(=O)[nH]1. The second-order valence-electron chi connectivity index (χ2n) is 5.22. The summed E-state index contributed by atoms with van der Waals surface area (Å²) in [6.45, 7) is 1.84. The predicted octanol–water partition coefficient (Wildman–Crippen LogP) is 0.964. The lowest BCUT2D eigenvalue weighted by Crippen LogP contribution is -2.43. The number of H-pyrrole nitrogens is 1. The topological polar surface area (TPSA) is 82.2 Å². The first-order chi connectivity index (χ1) is 9.10. The van der Waals surface area contributed by atoms with Crippen LogP contribution in [0.3, 0.4) is 0 Å². The van der Waals surface area contributed by atoms with Gasteiger partial charge in [-0.05, 0) is 25.8 Å². The molecule has 1 amide bonds. The minimum absolute atomic E-state index is 0.00541. The van der Waals surface area contributed by atoms with Crippen molar-refractivity contribution < 1.29 is 9.90 Å². The van der Waals surface area contributed by atoms with Crippen molar-refractivity contribution in [2.45, 2.75) is 38.6 Å². The van der Waals surface area contributed by atoms with Crippen LogP contribution in [0.25, 0.3) is 0 Å². The molecule has 0 spiro atoms.